The molecule has 176 valence electrons. The van der Waals surface area contributed by atoms with Crippen LogP contribution in [0.4, 0.5) is 0 Å². The second kappa shape index (κ2) is 12.2. The Morgan fingerprint density at radius 2 is 1.76 bits per heavy atom. The summed E-state index contributed by atoms with van der Waals surface area (Å²) in [6, 6.07) is 16.5. The Labute approximate surface area is 197 Å². The molecular weight excluding hydrogens is 412 g/mol. The van der Waals surface area contributed by atoms with Crippen molar-refractivity contribution in [2.75, 3.05) is 13.7 Å². The summed E-state index contributed by atoms with van der Waals surface area (Å²) in [6.07, 6.45) is 7.91. The summed E-state index contributed by atoms with van der Waals surface area (Å²) >= 11 is 0. The smallest absolute Gasteiger partial charge is 0.247 e. The van der Waals surface area contributed by atoms with Gasteiger partial charge in [0.15, 0.2) is 0 Å². The maximum atomic E-state index is 13.5. The fourth-order valence-corrected chi connectivity index (χ4v) is 4.24. The highest BCUT2D eigenvalue weighted by molar-refractivity contribution is 5.89. The molecule has 0 saturated heterocycles. The van der Waals surface area contributed by atoms with Gasteiger partial charge in [-0.2, -0.15) is 0 Å². The lowest BCUT2D eigenvalue weighted by atomic mass is 9.97. The van der Waals surface area contributed by atoms with E-state index in [0.29, 0.717) is 13.1 Å². The van der Waals surface area contributed by atoms with Crippen molar-refractivity contribution in [3.63, 3.8) is 0 Å². The summed E-state index contributed by atoms with van der Waals surface area (Å²) in [5.74, 6) is 0.342. The largest absolute Gasteiger partial charge is 0.497 e. The van der Waals surface area contributed by atoms with Gasteiger partial charge in [-0.3, -0.25) is 9.59 Å². The molecule has 2 aromatic rings. The molecule has 0 radical (unpaired) electrons. The molecule has 0 spiro atoms. The van der Waals surface area contributed by atoms with Gasteiger partial charge in [-0.1, -0.05) is 68.0 Å². The highest BCUT2D eigenvalue weighted by Gasteiger charge is 2.32. The molecule has 2 amide bonds. The Kier molecular flexibility index (Phi) is 9.11. The molecule has 1 atom stereocenters. The van der Waals surface area contributed by atoms with Crippen LogP contribution in [-0.4, -0.2) is 30.4 Å². The number of methoxy groups -OCH3 is 1. The van der Waals surface area contributed by atoms with E-state index >= 15 is 0 Å². The number of ether oxygens (including phenoxy) is 1. The van der Waals surface area contributed by atoms with Gasteiger partial charge in [-0.05, 0) is 55.4 Å². The first-order chi connectivity index (χ1) is 16.0. The van der Waals surface area contributed by atoms with E-state index in [4.69, 9.17) is 4.74 Å². The van der Waals surface area contributed by atoms with Gasteiger partial charge >= 0.3 is 0 Å². The van der Waals surface area contributed by atoms with Crippen molar-refractivity contribution < 1.29 is 14.3 Å². The maximum absolute atomic E-state index is 13.5. The highest BCUT2D eigenvalue weighted by atomic mass is 16.5. The fraction of sp³-hybridized carbons (Fsp3) is 0.429. The Balaban J connectivity index is 1.84. The molecule has 0 aliphatic heterocycles. The van der Waals surface area contributed by atoms with E-state index in [1.807, 2.05) is 68.4 Å². The van der Waals surface area contributed by atoms with E-state index in [1.165, 1.54) is 18.4 Å². The van der Waals surface area contributed by atoms with Crippen LogP contribution < -0.4 is 10.1 Å². The SMILES string of the molecule is COc1ccc(CN(C(=O)C(C)C)[C@H](C(=O)NCCC2=CCCCC2)c2ccccc2)cc1. The molecule has 0 aromatic heterocycles. The van der Waals surface area contributed by atoms with Gasteiger partial charge in [0.2, 0.25) is 11.8 Å². The summed E-state index contributed by atoms with van der Waals surface area (Å²) in [7, 11) is 1.63. The van der Waals surface area contributed by atoms with Crippen molar-refractivity contribution in [1.29, 1.82) is 0 Å². The zero-order chi connectivity index (χ0) is 23.6. The quantitative estimate of drug-likeness (QED) is 0.493. The van der Waals surface area contributed by atoms with E-state index in [1.54, 1.807) is 12.0 Å². The molecule has 1 aliphatic rings. The Hall–Kier alpha value is -3.08. The number of amides is 2. The van der Waals surface area contributed by atoms with E-state index in [2.05, 4.69) is 11.4 Å². The number of carbonyl (C=O) groups excluding carboxylic acids is 2. The van der Waals surface area contributed by atoms with Gasteiger partial charge in [0.1, 0.15) is 11.8 Å². The molecule has 33 heavy (non-hydrogen) atoms. The lowest BCUT2D eigenvalue weighted by Crippen LogP contribution is -2.45. The topological polar surface area (TPSA) is 58.6 Å². The lowest BCUT2D eigenvalue weighted by molar-refractivity contribution is -0.144. The van der Waals surface area contributed by atoms with Gasteiger partial charge < -0.3 is 15.0 Å². The van der Waals surface area contributed by atoms with E-state index in [-0.39, 0.29) is 17.7 Å². The lowest BCUT2D eigenvalue weighted by Gasteiger charge is -2.33. The van der Waals surface area contributed by atoms with Crippen LogP contribution in [0.2, 0.25) is 0 Å². The minimum atomic E-state index is -0.691. The second-order valence-corrected chi connectivity index (χ2v) is 8.93. The van der Waals surface area contributed by atoms with E-state index < -0.39 is 6.04 Å². The Morgan fingerprint density at radius 3 is 2.36 bits per heavy atom. The summed E-state index contributed by atoms with van der Waals surface area (Å²) < 4.78 is 5.26. The minimum Gasteiger partial charge on any atom is -0.497 e. The summed E-state index contributed by atoms with van der Waals surface area (Å²) in [4.78, 5) is 28.5. The van der Waals surface area contributed by atoms with Gasteiger partial charge in [0.05, 0.1) is 7.11 Å². The number of hydrogen-bond donors (Lipinski definition) is 1. The number of carbonyl (C=O) groups is 2. The standard InChI is InChI=1S/C28H36N2O3/c1-21(2)28(32)30(20-23-14-16-25(33-3)17-15-23)26(24-12-8-5-9-13-24)27(31)29-19-18-22-10-6-4-7-11-22/h5,8-10,12-17,21,26H,4,6-7,11,18-20H2,1-3H3,(H,29,31)/t26-/m0/s1. The molecule has 0 heterocycles. The third-order valence-electron chi connectivity index (χ3n) is 6.09. The highest BCUT2D eigenvalue weighted by Crippen LogP contribution is 2.26. The van der Waals surface area contributed by atoms with Crippen LogP contribution in [0.1, 0.15) is 63.1 Å². The second-order valence-electron chi connectivity index (χ2n) is 8.93. The number of allylic oxidation sites excluding steroid dienone is 1. The number of hydrogen-bond acceptors (Lipinski definition) is 3. The van der Waals surface area contributed by atoms with E-state index in [9.17, 15) is 9.59 Å². The van der Waals surface area contributed by atoms with Gasteiger partial charge in [0.25, 0.3) is 0 Å². The molecule has 0 saturated carbocycles. The van der Waals surface area contributed by atoms with Crippen molar-refractivity contribution in [2.24, 2.45) is 5.92 Å². The van der Waals surface area contributed by atoms with Crippen LogP contribution in [0.3, 0.4) is 0 Å². The van der Waals surface area contributed by atoms with Crippen molar-refractivity contribution in [3.05, 3.63) is 77.4 Å². The van der Waals surface area contributed by atoms with Gasteiger partial charge in [0, 0.05) is 19.0 Å². The van der Waals surface area contributed by atoms with Crippen LogP contribution in [0, 0.1) is 5.92 Å². The average Bonchev–Trinajstić information content (AvgIpc) is 2.85. The van der Waals surface area contributed by atoms with E-state index in [0.717, 1.165) is 36.1 Å². The first kappa shape index (κ1) is 24.6. The van der Waals surface area contributed by atoms with Gasteiger partial charge in [-0.15, -0.1) is 0 Å². The monoisotopic (exact) mass is 448 g/mol. The average molecular weight is 449 g/mol. The molecule has 1 aliphatic carbocycles. The van der Waals surface area contributed by atoms with Gasteiger partial charge in [-0.25, -0.2) is 0 Å². The number of nitrogens with zero attached hydrogens (tertiary/aromatic N) is 1. The molecule has 0 unspecified atom stereocenters. The zero-order valence-corrected chi connectivity index (χ0v) is 20.0. The van der Waals surface area contributed by atoms with Crippen LogP contribution in [-0.2, 0) is 16.1 Å². The first-order valence-electron chi connectivity index (χ1n) is 11.9. The Morgan fingerprint density at radius 1 is 1.03 bits per heavy atom. The van der Waals surface area contributed by atoms with Crippen molar-refractivity contribution in [1.82, 2.24) is 10.2 Å². The third-order valence-corrected chi connectivity index (χ3v) is 6.09. The van der Waals surface area contributed by atoms with Crippen molar-refractivity contribution >= 4 is 11.8 Å². The van der Waals surface area contributed by atoms with Crippen molar-refractivity contribution in [2.45, 2.75) is 58.5 Å². The molecule has 0 fully saturated rings. The van der Waals surface area contributed by atoms with Crippen molar-refractivity contribution in [3.8, 4) is 5.75 Å². The zero-order valence-electron chi connectivity index (χ0n) is 20.0. The predicted octanol–water partition coefficient (Wildman–Crippen LogP) is 5.43. The Bertz CT molecular complexity index is 935. The summed E-state index contributed by atoms with van der Waals surface area (Å²) in [6.45, 7) is 4.68. The normalized spacial score (nSPS) is 14.4. The summed E-state index contributed by atoms with van der Waals surface area (Å²) in [5, 5.41) is 3.11. The minimum absolute atomic E-state index is 0.0511. The molecular formula is C28H36N2O3. The molecule has 5 nitrogen and oxygen atoms in total. The van der Waals surface area contributed by atoms with Crippen LogP contribution >= 0.6 is 0 Å². The fourth-order valence-electron chi connectivity index (χ4n) is 4.24. The van der Waals surface area contributed by atoms with Crippen LogP contribution in [0.5, 0.6) is 5.75 Å². The number of benzene rings is 2. The summed E-state index contributed by atoms with van der Waals surface area (Å²) in [5.41, 5.74) is 3.19. The number of nitrogens with one attached hydrogen (secondary N) is 1. The molecule has 5 heteroatoms. The molecule has 0 bridgehead atoms. The molecule has 3 rings (SSSR count). The maximum Gasteiger partial charge on any atom is 0.247 e. The van der Waals surface area contributed by atoms with Crippen LogP contribution in [0.25, 0.3) is 0 Å². The third kappa shape index (κ3) is 6.95. The molecule has 1 N–H and O–H groups in total. The first-order valence-corrected chi connectivity index (χ1v) is 11.9. The van der Waals surface area contributed by atoms with Crippen LogP contribution in [0.15, 0.2) is 66.2 Å². The molecule has 2 aromatic carbocycles. The number of rotatable bonds is 10. The predicted molar refractivity (Wildman–Crippen MR) is 132 cm³/mol.